The second kappa shape index (κ2) is 9.91. The Hall–Kier alpha value is -2.26. The number of carbonyl (C=O) groups excluding carboxylic acids is 1. The number of ether oxygens (including phenoxy) is 2. The number of hydrogen-bond acceptors (Lipinski definition) is 5. The standard InChI is InChI=1S/C21H22Cl2N2O5S/c1-3-12-30-18-7-4-15(13-19(18)29-2)21(26)24-8-10-25(11-9-24)31(27,28)20-14-16(22)5-6-17(20)23/h3-7,13-14H,1,8-12H2,2H3. The predicted octanol–water partition coefficient (Wildman–Crippen LogP) is 3.71. The summed E-state index contributed by atoms with van der Waals surface area (Å²) in [5.74, 6) is 0.726. The van der Waals surface area contributed by atoms with Crippen LogP contribution < -0.4 is 9.47 Å². The van der Waals surface area contributed by atoms with Gasteiger partial charge in [0.15, 0.2) is 11.5 Å². The van der Waals surface area contributed by atoms with Crippen molar-refractivity contribution < 1.29 is 22.7 Å². The van der Waals surface area contributed by atoms with Gasteiger partial charge in [-0.2, -0.15) is 4.31 Å². The van der Waals surface area contributed by atoms with Gasteiger partial charge < -0.3 is 14.4 Å². The molecule has 0 unspecified atom stereocenters. The predicted molar refractivity (Wildman–Crippen MR) is 120 cm³/mol. The molecular formula is C21H22Cl2N2O5S. The summed E-state index contributed by atoms with van der Waals surface area (Å²) in [5.41, 5.74) is 0.428. The molecule has 166 valence electrons. The molecule has 10 heteroatoms. The third-order valence-electron chi connectivity index (χ3n) is 4.80. The van der Waals surface area contributed by atoms with Gasteiger partial charge in [0.2, 0.25) is 10.0 Å². The van der Waals surface area contributed by atoms with Crippen LogP contribution in [0.15, 0.2) is 53.9 Å². The Kier molecular flexibility index (Phi) is 7.48. The average Bonchev–Trinajstić information content (AvgIpc) is 2.78. The fourth-order valence-electron chi connectivity index (χ4n) is 3.20. The number of hydrogen-bond donors (Lipinski definition) is 0. The van der Waals surface area contributed by atoms with E-state index in [-0.39, 0.29) is 47.0 Å². The Morgan fingerprint density at radius 1 is 1.10 bits per heavy atom. The van der Waals surface area contributed by atoms with Crippen LogP contribution in [-0.2, 0) is 10.0 Å². The lowest BCUT2D eigenvalue weighted by atomic mass is 10.1. The van der Waals surface area contributed by atoms with Crippen molar-refractivity contribution in [2.75, 3.05) is 39.9 Å². The van der Waals surface area contributed by atoms with Gasteiger partial charge in [-0.25, -0.2) is 8.42 Å². The van der Waals surface area contributed by atoms with E-state index in [0.717, 1.165) is 0 Å². The Labute approximate surface area is 191 Å². The molecule has 7 nitrogen and oxygen atoms in total. The van der Waals surface area contributed by atoms with Crippen LogP contribution >= 0.6 is 23.2 Å². The molecule has 0 aromatic heterocycles. The smallest absolute Gasteiger partial charge is 0.254 e. The minimum atomic E-state index is -3.82. The Morgan fingerprint density at radius 3 is 2.45 bits per heavy atom. The van der Waals surface area contributed by atoms with Crippen molar-refractivity contribution in [3.63, 3.8) is 0 Å². The molecule has 2 aromatic rings. The van der Waals surface area contributed by atoms with Crippen LogP contribution in [0.3, 0.4) is 0 Å². The number of carbonyl (C=O) groups is 1. The summed E-state index contributed by atoms with van der Waals surface area (Å²) in [6, 6.07) is 9.23. The fraction of sp³-hybridized carbons (Fsp3) is 0.286. The first kappa shape index (κ1) is 23.4. The van der Waals surface area contributed by atoms with E-state index in [1.165, 1.54) is 29.6 Å². The van der Waals surface area contributed by atoms with Gasteiger partial charge in [0, 0.05) is 36.8 Å². The van der Waals surface area contributed by atoms with E-state index in [4.69, 9.17) is 32.7 Å². The van der Waals surface area contributed by atoms with E-state index in [0.29, 0.717) is 23.7 Å². The third kappa shape index (κ3) is 5.15. The van der Waals surface area contributed by atoms with Gasteiger partial charge in [-0.3, -0.25) is 4.79 Å². The topological polar surface area (TPSA) is 76.2 Å². The highest BCUT2D eigenvalue weighted by Crippen LogP contribution is 2.30. The lowest BCUT2D eigenvalue weighted by Crippen LogP contribution is -2.50. The van der Waals surface area contributed by atoms with Crippen LogP contribution in [0.5, 0.6) is 11.5 Å². The number of sulfonamides is 1. The van der Waals surface area contributed by atoms with Gasteiger partial charge in [0.05, 0.1) is 12.1 Å². The molecule has 0 atom stereocenters. The van der Waals surface area contributed by atoms with Crippen molar-refractivity contribution in [1.82, 2.24) is 9.21 Å². The summed E-state index contributed by atoms with van der Waals surface area (Å²) < 4.78 is 38.0. The van der Waals surface area contributed by atoms with E-state index >= 15 is 0 Å². The molecule has 1 amide bonds. The van der Waals surface area contributed by atoms with E-state index < -0.39 is 10.0 Å². The summed E-state index contributed by atoms with van der Waals surface area (Å²) >= 11 is 12.0. The number of amides is 1. The van der Waals surface area contributed by atoms with Crippen LogP contribution in [-0.4, -0.2) is 63.4 Å². The van der Waals surface area contributed by atoms with Crippen LogP contribution in [0.2, 0.25) is 10.0 Å². The Bertz CT molecular complexity index is 1080. The van der Waals surface area contributed by atoms with Crippen LogP contribution in [0, 0.1) is 0 Å². The van der Waals surface area contributed by atoms with E-state index in [1.54, 1.807) is 29.2 Å². The summed E-state index contributed by atoms with van der Waals surface area (Å²) in [6.07, 6.45) is 1.61. The normalized spacial score (nSPS) is 14.9. The molecule has 2 aromatic carbocycles. The Morgan fingerprint density at radius 2 is 1.81 bits per heavy atom. The lowest BCUT2D eigenvalue weighted by molar-refractivity contribution is 0.0697. The molecule has 31 heavy (non-hydrogen) atoms. The molecule has 1 saturated heterocycles. The molecule has 1 heterocycles. The zero-order valence-corrected chi connectivity index (χ0v) is 19.2. The maximum absolute atomic E-state index is 13.0. The first-order valence-electron chi connectivity index (χ1n) is 9.44. The largest absolute Gasteiger partial charge is 0.493 e. The number of rotatable bonds is 7. The second-order valence-electron chi connectivity index (χ2n) is 6.74. The molecule has 3 rings (SSSR count). The highest BCUT2D eigenvalue weighted by atomic mass is 35.5. The minimum absolute atomic E-state index is 0.0405. The molecule has 1 fully saturated rings. The lowest BCUT2D eigenvalue weighted by Gasteiger charge is -2.34. The average molecular weight is 485 g/mol. The summed E-state index contributed by atoms with van der Waals surface area (Å²) in [7, 11) is -2.32. The number of benzene rings is 2. The second-order valence-corrected chi connectivity index (χ2v) is 9.49. The van der Waals surface area contributed by atoms with Crippen molar-refractivity contribution in [3.8, 4) is 11.5 Å². The highest BCUT2D eigenvalue weighted by Gasteiger charge is 2.32. The first-order valence-corrected chi connectivity index (χ1v) is 11.6. The quantitative estimate of drug-likeness (QED) is 0.559. The molecule has 0 spiro atoms. The molecule has 0 radical (unpaired) electrons. The molecule has 0 aliphatic carbocycles. The number of piperazine rings is 1. The van der Waals surface area contributed by atoms with Crippen molar-refractivity contribution in [1.29, 1.82) is 0 Å². The summed E-state index contributed by atoms with van der Waals surface area (Å²) in [4.78, 5) is 14.5. The van der Waals surface area contributed by atoms with Crippen molar-refractivity contribution in [2.24, 2.45) is 0 Å². The number of nitrogens with zero attached hydrogens (tertiary/aromatic N) is 2. The monoisotopic (exact) mass is 484 g/mol. The van der Waals surface area contributed by atoms with Crippen LogP contribution in [0.4, 0.5) is 0 Å². The molecule has 1 aliphatic rings. The van der Waals surface area contributed by atoms with E-state index in [2.05, 4.69) is 6.58 Å². The fourth-order valence-corrected chi connectivity index (χ4v) is 5.36. The third-order valence-corrected chi connectivity index (χ3v) is 7.42. The zero-order valence-electron chi connectivity index (χ0n) is 16.9. The number of methoxy groups -OCH3 is 1. The molecule has 0 saturated carbocycles. The van der Waals surface area contributed by atoms with Gasteiger partial charge in [-0.1, -0.05) is 35.9 Å². The zero-order chi connectivity index (χ0) is 22.6. The molecule has 1 aliphatic heterocycles. The number of halogens is 2. The summed E-state index contributed by atoms with van der Waals surface area (Å²) in [6.45, 7) is 4.70. The van der Waals surface area contributed by atoms with Crippen LogP contribution in [0.1, 0.15) is 10.4 Å². The molecule has 0 bridgehead atoms. The highest BCUT2D eigenvalue weighted by molar-refractivity contribution is 7.89. The maximum atomic E-state index is 13.0. The van der Waals surface area contributed by atoms with Gasteiger partial charge in [-0.15, -0.1) is 0 Å². The van der Waals surface area contributed by atoms with Gasteiger partial charge in [-0.05, 0) is 36.4 Å². The van der Waals surface area contributed by atoms with Crippen LogP contribution in [0.25, 0.3) is 0 Å². The first-order chi connectivity index (χ1) is 14.8. The van der Waals surface area contributed by atoms with Gasteiger partial charge in [0.25, 0.3) is 5.91 Å². The minimum Gasteiger partial charge on any atom is -0.493 e. The maximum Gasteiger partial charge on any atom is 0.254 e. The van der Waals surface area contributed by atoms with Crippen molar-refractivity contribution in [2.45, 2.75) is 4.90 Å². The summed E-state index contributed by atoms with van der Waals surface area (Å²) in [5, 5.41) is 0.389. The van der Waals surface area contributed by atoms with Crippen molar-refractivity contribution in [3.05, 3.63) is 64.7 Å². The van der Waals surface area contributed by atoms with Gasteiger partial charge >= 0.3 is 0 Å². The molecular weight excluding hydrogens is 463 g/mol. The molecule has 0 N–H and O–H groups in total. The van der Waals surface area contributed by atoms with E-state index in [1.807, 2.05) is 0 Å². The van der Waals surface area contributed by atoms with Gasteiger partial charge in [0.1, 0.15) is 11.5 Å². The van der Waals surface area contributed by atoms with Crippen molar-refractivity contribution >= 4 is 39.1 Å². The van der Waals surface area contributed by atoms with E-state index in [9.17, 15) is 13.2 Å². The Balaban J connectivity index is 1.71. The SMILES string of the molecule is C=CCOc1ccc(C(=O)N2CCN(S(=O)(=O)c3cc(Cl)ccc3Cl)CC2)cc1OC.